The van der Waals surface area contributed by atoms with Crippen LogP contribution < -0.4 is 10.6 Å². The molecular weight excluding hydrogens is 533 g/mol. The molecule has 3 atom stereocenters. The quantitative estimate of drug-likeness (QED) is 0.270. The van der Waals surface area contributed by atoms with Gasteiger partial charge in [-0.25, -0.2) is 0 Å². The molecular formula is C24H42IN5OS. The lowest BCUT2D eigenvalue weighted by atomic mass is 9.95. The topological polar surface area (TPSA) is 60.0 Å². The van der Waals surface area contributed by atoms with Crippen molar-refractivity contribution in [2.75, 3.05) is 51.6 Å². The summed E-state index contributed by atoms with van der Waals surface area (Å²) in [4.78, 5) is 9.91. The summed E-state index contributed by atoms with van der Waals surface area (Å²) in [5.74, 6) is 1.68. The second-order valence-electron chi connectivity index (χ2n) is 8.66. The van der Waals surface area contributed by atoms with Gasteiger partial charge in [0.15, 0.2) is 5.96 Å². The second-order valence-corrected chi connectivity index (χ2v) is 10.7. The number of nitrogens with one attached hydrogen (secondary N) is 2. The molecule has 1 saturated carbocycles. The number of aliphatic imine (C=N–C) groups is 1. The van der Waals surface area contributed by atoms with Crippen molar-refractivity contribution in [1.82, 2.24) is 20.4 Å². The molecule has 6 nitrogen and oxygen atoms in total. The molecule has 1 aromatic carbocycles. The van der Waals surface area contributed by atoms with Crippen molar-refractivity contribution in [1.29, 1.82) is 0 Å². The van der Waals surface area contributed by atoms with Gasteiger partial charge < -0.3 is 10.6 Å². The molecule has 0 bridgehead atoms. The van der Waals surface area contributed by atoms with Gasteiger partial charge in [0.05, 0.1) is 6.54 Å². The van der Waals surface area contributed by atoms with Gasteiger partial charge in [-0.05, 0) is 31.7 Å². The van der Waals surface area contributed by atoms with Gasteiger partial charge in [0.1, 0.15) is 0 Å². The van der Waals surface area contributed by atoms with Crippen LogP contribution in [0.3, 0.4) is 0 Å². The lowest BCUT2D eigenvalue weighted by molar-refractivity contribution is 0.130. The predicted molar refractivity (Wildman–Crippen MR) is 147 cm³/mol. The summed E-state index contributed by atoms with van der Waals surface area (Å²) in [7, 11) is -0.689. The lowest BCUT2D eigenvalue weighted by Crippen LogP contribution is -2.48. The Morgan fingerprint density at radius 2 is 1.81 bits per heavy atom. The van der Waals surface area contributed by atoms with Gasteiger partial charge in [0.2, 0.25) is 0 Å². The molecule has 1 saturated heterocycles. The van der Waals surface area contributed by atoms with Crippen LogP contribution in [0.1, 0.15) is 45.1 Å². The zero-order valence-electron chi connectivity index (χ0n) is 19.8. The van der Waals surface area contributed by atoms with Gasteiger partial charge in [0.25, 0.3) is 0 Å². The summed E-state index contributed by atoms with van der Waals surface area (Å²) < 4.78 is 12.2. The van der Waals surface area contributed by atoms with E-state index in [-0.39, 0.29) is 24.0 Å². The first-order valence-corrected chi connectivity index (χ1v) is 13.5. The molecule has 8 heteroatoms. The standard InChI is InChI=1S/C24H41N5OS.HI/c1-3-25-24(27-22-11-8-12-23(19-22)31(30)4-2)26-13-14-28-15-17-29(18-16-28)20-21-9-6-5-7-10-21;/h5-7,9-10,22-23H,3-4,8,11-20H2,1-2H3,(H2,25,26,27);1H. The number of benzene rings is 1. The van der Waals surface area contributed by atoms with Crippen molar-refractivity contribution in [3.63, 3.8) is 0 Å². The molecule has 1 aromatic rings. The van der Waals surface area contributed by atoms with Crippen LogP contribution in [0.2, 0.25) is 0 Å². The maximum atomic E-state index is 12.2. The number of halogens is 1. The molecule has 2 fully saturated rings. The Kier molecular flexibility index (Phi) is 13.1. The predicted octanol–water partition coefficient (Wildman–Crippen LogP) is 3.06. The van der Waals surface area contributed by atoms with Crippen LogP contribution in [0, 0.1) is 0 Å². The highest BCUT2D eigenvalue weighted by atomic mass is 127. The van der Waals surface area contributed by atoms with Crippen LogP contribution in [-0.4, -0.2) is 82.8 Å². The Bertz CT molecular complexity index is 697. The fourth-order valence-electron chi connectivity index (χ4n) is 4.58. The van der Waals surface area contributed by atoms with Crippen LogP contribution in [-0.2, 0) is 17.3 Å². The minimum atomic E-state index is -0.689. The molecule has 1 heterocycles. The molecule has 2 N–H and O–H groups in total. The monoisotopic (exact) mass is 575 g/mol. The average molecular weight is 576 g/mol. The Morgan fingerprint density at radius 1 is 1.09 bits per heavy atom. The normalized spacial score (nSPS) is 23.9. The highest BCUT2D eigenvalue weighted by Crippen LogP contribution is 2.23. The van der Waals surface area contributed by atoms with E-state index in [0.29, 0.717) is 11.3 Å². The Labute approximate surface area is 214 Å². The summed E-state index contributed by atoms with van der Waals surface area (Å²) in [6.45, 7) is 12.3. The van der Waals surface area contributed by atoms with Gasteiger partial charge in [0, 0.05) is 73.7 Å². The molecule has 0 amide bonds. The highest BCUT2D eigenvalue weighted by Gasteiger charge is 2.26. The van der Waals surface area contributed by atoms with Crippen molar-refractivity contribution < 1.29 is 4.21 Å². The van der Waals surface area contributed by atoms with Crippen molar-refractivity contribution in [2.45, 2.75) is 57.4 Å². The van der Waals surface area contributed by atoms with E-state index in [0.717, 1.165) is 89.8 Å². The maximum Gasteiger partial charge on any atom is 0.191 e. The fraction of sp³-hybridized carbons (Fsp3) is 0.708. The van der Waals surface area contributed by atoms with E-state index in [1.165, 1.54) is 5.56 Å². The van der Waals surface area contributed by atoms with Crippen LogP contribution in [0.15, 0.2) is 35.3 Å². The first kappa shape index (κ1) is 27.5. The highest BCUT2D eigenvalue weighted by molar-refractivity contribution is 14.0. The summed E-state index contributed by atoms with van der Waals surface area (Å²) in [5, 5.41) is 7.35. The van der Waals surface area contributed by atoms with Gasteiger partial charge in [-0.15, -0.1) is 24.0 Å². The van der Waals surface area contributed by atoms with Gasteiger partial charge in [-0.1, -0.05) is 43.7 Å². The summed E-state index contributed by atoms with van der Waals surface area (Å²) >= 11 is 0. The molecule has 0 spiro atoms. The van der Waals surface area contributed by atoms with E-state index in [1.54, 1.807) is 0 Å². The fourth-order valence-corrected chi connectivity index (χ4v) is 5.93. The number of piperazine rings is 1. The third-order valence-electron chi connectivity index (χ3n) is 6.37. The Balaban J connectivity index is 0.00000363. The first-order valence-electron chi connectivity index (χ1n) is 12.1. The summed E-state index contributed by atoms with van der Waals surface area (Å²) in [5.41, 5.74) is 1.40. The molecule has 2 aliphatic rings. The smallest absolute Gasteiger partial charge is 0.191 e. The zero-order chi connectivity index (χ0) is 21.9. The van der Waals surface area contributed by atoms with E-state index in [4.69, 9.17) is 4.99 Å². The molecule has 1 aliphatic carbocycles. The van der Waals surface area contributed by atoms with E-state index in [9.17, 15) is 4.21 Å². The second kappa shape index (κ2) is 15.2. The van der Waals surface area contributed by atoms with E-state index >= 15 is 0 Å². The van der Waals surface area contributed by atoms with Crippen LogP contribution >= 0.6 is 24.0 Å². The van der Waals surface area contributed by atoms with Crippen LogP contribution in [0.25, 0.3) is 0 Å². The number of hydrogen-bond acceptors (Lipinski definition) is 4. The van der Waals surface area contributed by atoms with Crippen molar-refractivity contribution in [3.8, 4) is 0 Å². The molecule has 3 rings (SSSR count). The van der Waals surface area contributed by atoms with Gasteiger partial charge >= 0.3 is 0 Å². The zero-order valence-corrected chi connectivity index (χ0v) is 22.9. The molecule has 1 aliphatic heterocycles. The summed E-state index contributed by atoms with van der Waals surface area (Å²) in [6.07, 6.45) is 4.39. The van der Waals surface area contributed by atoms with Crippen molar-refractivity contribution in [2.24, 2.45) is 4.99 Å². The average Bonchev–Trinajstić information content (AvgIpc) is 2.80. The van der Waals surface area contributed by atoms with Crippen molar-refractivity contribution in [3.05, 3.63) is 35.9 Å². The number of nitrogens with zero attached hydrogens (tertiary/aromatic N) is 3. The lowest BCUT2D eigenvalue weighted by Gasteiger charge is -2.34. The van der Waals surface area contributed by atoms with E-state index in [1.807, 2.05) is 6.92 Å². The van der Waals surface area contributed by atoms with Gasteiger partial charge in [-0.2, -0.15) is 0 Å². The molecule has 0 radical (unpaired) electrons. The third kappa shape index (κ3) is 9.27. The number of rotatable bonds is 9. The molecule has 0 aromatic heterocycles. The van der Waals surface area contributed by atoms with Gasteiger partial charge in [-0.3, -0.25) is 19.0 Å². The Hall–Kier alpha value is -0.710. The van der Waals surface area contributed by atoms with Crippen LogP contribution in [0.4, 0.5) is 0 Å². The maximum absolute atomic E-state index is 12.2. The minimum Gasteiger partial charge on any atom is -0.357 e. The van der Waals surface area contributed by atoms with E-state index in [2.05, 4.69) is 57.7 Å². The van der Waals surface area contributed by atoms with E-state index < -0.39 is 10.8 Å². The molecule has 32 heavy (non-hydrogen) atoms. The number of guanidine groups is 1. The Morgan fingerprint density at radius 3 is 2.50 bits per heavy atom. The van der Waals surface area contributed by atoms with Crippen molar-refractivity contribution >= 4 is 40.7 Å². The third-order valence-corrected chi connectivity index (χ3v) is 8.11. The minimum absolute atomic E-state index is 0. The molecule has 182 valence electrons. The summed E-state index contributed by atoms with van der Waals surface area (Å²) in [6, 6.07) is 11.1. The molecule has 3 unspecified atom stereocenters. The SMILES string of the molecule is CCNC(=NCCN1CCN(Cc2ccccc2)CC1)NC1CCCC(S(=O)CC)C1.I. The largest absolute Gasteiger partial charge is 0.357 e. The number of hydrogen-bond donors (Lipinski definition) is 2. The first-order chi connectivity index (χ1) is 15.2. The van der Waals surface area contributed by atoms with Crippen LogP contribution in [0.5, 0.6) is 0 Å².